The third-order valence-corrected chi connectivity index (χ3v) is 1.73. The topological polar surface area (TPSA) is 44.5 Å². The van der Waals surface area contributed by atoms with E-state index in [-0.39, 0.29) is 0 Å². The van der Waals surface area contributed by atoms with Crippen molar-refractivity contribution in [2.24, 2.45) is 0 Å². The summed E-state index contributed by atoms with van der Waals surface area (Å²) in [6.07, 6.45) is 0. The van der Waals surface area contributed by atoms with E-state index in [1.54, 1.807) is 12.1 Å². The Morgan fingerprint density at radius 2 is 1.58 bits per heavy atom. The maximum atomic E-state index is 5.76. The molecule has 1 aromatic carbocycles. The number of ether oxygens (including phenoxy) is 2. The van der Waals surface area contributed by atoms with Crippen LogP contribution in [0.1, 0.15) is 0 Å². The molecular formula is C8H10ClNO2. The summed E-state index contributed by atoms with van der Waals surface area (Å²) < 4.78 is 9.96. The largest absolute Gasteiger partial charge is 0.494 e. The fourth-order valence-corrected chi connectivity index (χ4v) is 1.11. The number of rotatable bonds is 2. The minimum Gasteiger partial charge on any atom is -0.494 e. The quantitative estimate of drug-likeness (QED) is 0.720. The lowest BCUT2D eigenvalue weighted by molar-refractivity contribution is 0.398. The summed E-state index contributed by atoms with van der Waals surface area (Å²) in [6.45, 7) is 0. The Morgan fingerprint density at radius 1 is 1.17 bits per heavy atom. The monoisotopic (exact) mass is 187 g/mol. The van der Waals surface area contributed by atoms with Gasteiger partial charge in [0.2, 0.25) is 0 Å². The molecule has 1 rings (SSSR count). The van der Waals surface area contributed by atoms with E-state index in [1.165, 1.54) is 14.2 Å². The summed E-state index contributed by atoms with van der Waals surface area (Å²) >= 11 is 5.76. The van der Waals surface area contributed by atoms with E-state index >= 15 is 0 Å². The first-order valence-corrected chi connectivity index (χ1v) is 3.74. The van der Waals surface area contributed by atoms with E-state index in [4.69, 9.17) is 26.8 Å². The van der Waals surface area contributed by atoms with Crippen LogP contribution in [0.15, 0.2) is 12.1 Å². The van der Waals surface area contributed by atoms with Crippen molar-refractivity contribution in [2.45, 2.75) is 0 Å². The van der Waals surface area contributed by atoms with Gasteiger partial charge in [-0.3, -0.25) is 0 Å². The number of benzene rings is 1. The molecule has 66 valence electrons. The molecule has 0 saturated carbocycles. The highest BCUT2D eigenvalue weighted by atomic mass is 35.5. The molecular weight excluding hydrogens is 178 g/mol. The summed E-state index contributed by atoms with van der Waals surface area (Å²) in [5.74, 6) is 1.05. The second-order valence-electron chi connectivity index (χ2n) is 2.22. The van der Waals surface area contributed by atoms with Gasteiger partial charge in [-0.1, -0.05) is 11.6 Å². The zero-order chi connectivity index (χ0) is 9.14. The van der Waals surface area contributed by atoms with Crippen molar-refractivity contribution in [2.75, 3.05) is 20.0 Å². The molecule has 4 heteroatoms. The molecule has 12 heavy (non-hydrogen) atoms. The van der Waals surface area contributed by atoms with Crippen molar-refractivity contribution in [1.82, 2.24) is 0 Å². The number of nitrogens with two attached hydrogens (primary N) is 1. The van der Waals surface area contributed by atoms with Crippen LogP contribution >= 0.6 is 11.6 Å². The molecule has 0 atom stereocenters. The summed E-state index contributed by atoms with van der Waals surface area (Å²) in [6, 6.07) is 3.28. The Bertz CT molecular complexity index is 263. The average molecular weight is 188 g/mol. The van der Waals surface area contributed by atoms with Gasteiger partial charge in [0.1, 0.15) is 17.2 Å². The number of halogens is 1. The van der Waals surface area contributed by atoms with E-state index in [0.29, 0.717) is 22.2 Å². The predicted octanol–water partition coefficient (Wildman–Crippen LogP) is 1.94. The molecule has 0 saturated heterocycles. The molecule has 2 N–H and O–H groups in total. The van der Waals surface area contributed by atoms with E-state index in [9.17, 15) is 0 Å². The highest BCUT2D eigenvalue weighted by molar-refractivity contribution is 6.31. The third-order valence-electron chi connectivity index (χ3n) is 1.51. The van der Waals surface area contributed by atoms with Gasteiger partial charge in [-0.15, -0.1) is 0 Å². The van der Waals surface area contributed by atoms with Gasteiger partial charge in [-0.05, 0) is 0 Å². The van der Waals surface area contributed by atoms with Gasteiger partial charge in [-0.2, -0.15) is 0 Å². The van der Waals surface area contributed by atoms with Gasteiger partial charge in [0.05, 0.1) is 14.2 Å². The highest BCUT2D eigenvalue weighted by Gasteiger charge is 2.07. The summed E-state index contributed by atoms with van der Waals surface area (Å²) in [5.41, 5.74) is 6.13. The van der Waals surface area contributed by atoms with Crippen molar-refractivity contribution in [1.29, 1.82) is 0 Å². The molecule has 0 radical (unpaired) electrons. The van der Waals surface area contributed by atoms with Gasteiger partial charge in [0.25, 0.3) is 0 Å². The molecule has 3 nitrogen and oxygen atoms in total. The van der Waals surface area contributed by atoms with Crippen molar-refractivity contribution in [3.8, 4) is 11.5 Å². The van der Waals surface area contributed by atoms with Crippen LogP contribution in [0, 0.1) is 0 Å². The lowest BCUT2D eigenvalue weighted by atomic mass is 10.3. The standard InChI is InChI=1S/C8H10ClNO2/c1-11-6-3-5(9)4-7(12-2)8(6)10/h3-4H,10H2,1-2H3. The molecule has 0 bridgehead atoms. The molecule has 0 aliphatic heterocycles. The number of hydrogen-bond donors (Lipinski definition) is 1. The second-order valence-corrected chi connectivity index (χ2v) is 2.66. The van der Waals surface area contributed by atoms with Crippen LogP contribution in [0.4, 0.5) is 5.69 Å². The molecule has 0 spiro atoms. The number of hydrogen-bond acceptors (Lipinski definition) is 3. The first kappa shape index (κ1) is 9.00. The van der Waals surface area contributed by atoms with E-state index in [2.05, 4.69) is 0 Å². The fraction of sp³-hybridized carbons (Fsp3) is 0.250. The van der Waals surface area contributed by atoms with Gasteiger partial charge in [0.15, 0.2) is 0 Å². The lowest BCUT2D eigenvalue weighted by Gasteiger charge is -2.09. The second kappa shape index (κ2) is 3.54. The lowest BCUT2D eigenvalue weighted by Crippen LogP contribution is -1.96. The number of methoxy groups -OCH3 is 2. The first-order valence-electron chi connectivity index (χ1n) is 3.36. The van der Waals surface area contributed by atoms with Gasteiger partial charge >= 0.3 is 0 Å². The summed E-state index contributed by atoms with van der Waals surface area (Å²) in [5, 5.41) is 0.540. The van der Waals surface area contributed by atoms with Crippen LogP contribution in [-0.4, -0.2) is 14.2 Å². The third kappa shape index (κ3) is 1.56. The first-order chi connectivity index (χ1) is 5.69. The Balaban J connectivity index is 3.22. The number of nitrogen functional groups attached to an aromatic ring is 1. The molecule has 0 amide bonds. The molecule has 0 unspecified atom stereocenters. The maximum absolute atomic E-state index is 5.76. The molecule has 0 aromatic heterocycles. The Kier molecular flexibility index (Phi) is 2.65. The minimum absolute atomic E-state index is 0.462. The Labute approximate surface area is 76.0 Å². The van der Waals surface area contributed by atoms with E-state index < -0.39 is 0 Å². The number of anilines is 1. The van der Waals surface area contributed by atoms with Gasteiger partial charge in [-0.25, -0.2) is 0 Å². The van der Waals surface area contributed by atoms with Crippen LogP contribution in [0.2, 0.25) is 5.02 Å². The molecule has 0 fully saturated rings. The van der Waals surface area contributed by atoms with Crippen LogP contribution < -0.4 is 15.2 Å². The smallest absolute Gasteiger partial charge is 0.147 e. The Morgan fingerprint density at radius 3 is 1.92 bits per heavy atom. The SMILES string of the molecule is COc1cc(Cl)cc(OC)c1N. The fourth-order valence-electron chi connectivity index (χ4n) is 0.907. The van der Waals surface area contributed by atoms with E-state index in [1.807, 2.05) is 0 Å². The highest BCUT2D eigenvalue weighted by Crippen LogP contribution is 2.34. The van der Waals surface area contributed by atoms with Crippen LogP contribution in [-0.2, 0) is 0 Å². The summed E-state index contributed by atoms with van der Waals surface area (Å²) in [7, 11) is 3.06. The molecule has 0 aliphatic carbocycles. The van der Waals surface area contributed by atoms with Crippen molar-refractivity contribution in [3.05, 3.63) is 17.2 Å². The zero-order valence-corrected chi connectivity index (χ0v) is 7.68. The van der Waals surface area contributed by atoms with Gasteiger partial charge in [0, 0.05) is 17.2 Å². The zero-order valence-electron chi connectivity index (χ0n) is 6.93. The maximum Gasteiger partial charge on any atom is 0.147 e. The minimum atomic E-state index is 0.462. The van der Waals surface area contributed by atoms with E-state index in [0.717, 1.165) is 0 Å². The van der Waals surface area contributed by atoms with Crippen LogP contribution in [0.3, 0.4) is 0 Å². The summed E-state index contributed by atoms with van der Waals surface area (Å²) in [4.78, 5) is 0. The normalized spacial score (nSPS) is 9.58. The van der Waals surface area contributed by atoms with Gasteiger partial charge < -0.3 is 15.2 Å². The van der Waals surface area contributed by atoms with Crippen molar-refractivity contribution in [3.63, 3.8) is 0 Å². The molecule has 0 aliphatic rings. The average Bonchev–Trinajstić information content (AvgIpc) is 2.08. The molecule has 0 heterocycles. The van der Waals surface area contributed by atoms with Crippen LogP contribution in [0.5, 0.6) is 11.5 Å². The van der Waals surface area contributed by atoms with Crippen LogP contribution in [0.25, 0.3) is 0 Å². The predicted molar refractivity (Wildman–Crippen MR) is 49.0 cm³/mol. The molecule has 1 aromatic rings. The van der Waals surface area contributed by atoms with Crippen molar-refractivity contribution < 1.29 is 9.47 Å². The Hall–Kier alpha value is -1.09. The van der Waals surface area contributed by atoms with Crippen molar-refractivity contribution >= 4 is 17.3 Å².